The number of benzene rings is 1. The molecule has 0 bridgehead atoms. The van der Waals surface area contributed by atoms with Crippen molar-refractivity contribution in [3.8, 4) is 0 Å². The number of aromatic carboxylic acids is 1. The van der Waals surface area contributed by atoms with E-state index in [0.717, 1.165) is 5.56 Å². The lowest BCUT2D eigenvalue weighted by atomic mass is 10.0. The van der Waals surface area contributed by atoms with Gasteiger partial charge in [0.05, 0.1) is 23.6 Å². The maximum Gasteiger partial charge on any atom is 0.335 e. The number of carbonyl (C=O) groups is 1. The fourth-order valence-electron chi connectivity index (χ4n) is 2.79. The maximum atomic E-state index is 12.6. The molecule has 1 N–H and O–H groups in total. The number of nitrogens with zero attached hydrogens (tertiary/aromatic N) is 1. The minimum absolute atomic E-state index is 0.0418. The molecule has 6 nitrogen and oxygen atoms in total. The van der Waals surface area contributed by atoms with Crippen molar-refractivity contribution in [2.24, 2.45) is 5.92 Å². The summed E-state index contributed by atoms with van der Waals surface area (Å²) in [5, 5.41) is 9.06. The van der Waals surface area contributed by atoms with Gasteiger partial charge in [-0.3, -0.25) is 4.31 Å². The highest BCUT2D eigenvalue weighted by Gasteiger charge is 2.28. The van der Waals surface area contributed by atoms with Crippen molar-refractivity contribution < 1.29 is 23.1 Å². The van der Waals surface area contributed by atoms with Gasteiger partial charge in [-0.05, 0) is 55.4 Å². The van der Waals surface area contributed by atoms with Crippen molar-refractivity contribution in [2.45, 2.75) is 25.7 Å². The third-order valence-electron chi connectivity index (χ3n) is 4.27. The normalized spacial score (nSPS) is 17.8. The molecule has 126 valence electrons. The van der Waals surface area contributed by atoms with Crippen molar-refractivity contribution in [1.29, 1.82) is 0 Å². The summed E-state index contributed by atoms with van der Waals surface area (Å²) in [6.07, 6.45) is 3.75. The number of carboxylic acids is 1. The molecule has 1 saturated carbocycles. The molecular formula is C16H21NO5S. The molecule has 1 aliphatic heterocycles. The summed E-state index contributed by atoms with van der Waals surface area (Å²) in [5.74, 6) is -0.427. The molecule has 1 fully saturated rings. The molecule has 0 aromatic heterocycles. The second kappa shape index (κ2) is 6.49. The van der Waals surface area contributed by atoms with Crippen molar-refractivity contribution in [2.75, 3.05) is 29.8 Å². The number of sulfonamides is 1. The van der Waals surface area contributed by atoms with E-state index < -0.39 is 16.0 Å². The van der Waals surface area contributed by atoms with Gasteiger partial charge in [-0.25, -0.2) is 13.2 Å². The van der Waals surface area contributed by atoms with Crippen molar-refractivity contribution in [3.63, 3.8) is 0 Å². The summed E-state index contributed by atoms with van der Waals surface area (Å²) in [6, 6.07) is 4.63. The largest absolute Gasteiger partial charge is 0.478 e. The zero-order valence-electron chi connectivity index (χ0n) is 12.9. The first-order valence-corrected chi connectivity index (χ1v) is 9.52. The highest BCUT2D eigenvalue weighted by Crippen LogP contribution is 2.31. The van der Waals surface area contributed by atoms with Crippen molar-refractivity contribution in [1.82, 2.24) is 0 Å². The lowest BCUT2D eigenvalue weighted by molar-refractivity contribution is 0.0696. The van der Waals surface area contributed by atoms with Crippen LogP contribution in [0.1, 0.15) is 35.2 Å². The third-order valence-corrected chi connectivity index (χ3v) is 6.01. The number of carboxylic acid groups (broad SMARTS) is 1. The van der Waals surface area contributed by atoms with Crippen LogP contribution in [-0.4, -0.2) is 45.0 Å². The van der Waals surface area contributed by atoms with E-state index in [4.69, 9.17) is 9.84 Å². The average Bonchev–Trinajstić information content (AvgIpc) is 3.34. The Morgan fingerprint density at radius 1 is 1.35 bits per heavy atom. The van der Waals surface area contributed by atoms with Gasteiger partial charge < -0.3 is 9.84 Å². The first-order chi connectivity index (χ1) is 11.0. The minimum atomic E-state index is -3.45. The summed E-state index contributed by atoms with van der Waals surface area (Å²) in [4.78, 5) is 11.1. The van der Waals surface area contributed by atoms with Crippen LogP contribution in [0.2, 0.25) is 0 Å². The number of rotatable bonds is 7. The van der Waals surface area contributed by atoms with Crippen molar-refractivity contribution >= 4 is 21.7 Å². The number of ether oxygens (including phenoxy) is 1. The van der Waals surface area contributed by atoms with E-state index in [1.54, 1.807) is 12.1 Å². The van der Waals surface area contributed by atoms with Crippen LogP contribution < -0.4 is 4.31 Å². The predicted octanol–water partition coefficient (Wildman–Crippen LogP) is 1.89. The molecule has 3 rings (SSSR count). The van der Waals surface area contributed by atoms with Gasteiger partial charge in [-0.15, -0.1) is 0 Å². The topological polar surface area (TPSA) is 83.9 Å². The highest BCUT2D eigenvalue weighted by atomic mass is 32.2. The van der Waals surface area contributed by atoms with E-state index in [0.29, 0.717) is 37.6 Å². The fourth-order valence-corrected chi connectivity index (χ4v) is 4.23. The second-order valence-electron chi connectivity index (χ2n) is 6.16. The Morgan fingerprint density at radius 3 is 2.83 bits per heavy atom. The molecule has 1 aromatic carbocycles. The van der Waals surface area contributed by atoms with Crippen LogP contribution in [-0.2, 0) is 21.2 Å². The van der Waals surface area contributed by atoms with Gasteiger partial charge >= 0.3 is 5.97 Å². The molecular weight excluding hydrogens is 318 g/mol. The first kappa shape index (κ1) is 16.3. The van der Waals surface area contributed by atoms with E-state index in [-0.39, 0.29) is 17.9 Å². The molecule has 1 heterocycles. The van der Waals surface area contributed by atoms with Crippen LogP contribution in [0, 0.1) is 5.92 Å². The summed E-state index contributed by atoms with van der Waals surface area (Å²) < 4.78 is 32.0. The lowest BCUT2D eigenvalue weighted by Crippen LogP contribution is -2.38. The quantitative estimate of drug-likeness (QED) is 0.767. The summed E-state index contributed by atoms with van der Waals surface area (Å²) in [5.41, 5.74) is 1.57. The Balaban J connectivity index is 1.71. The molecule has 0 radical (unpaired) electrons. The molecule has 0 unspecified atom stereocenters. The zero-order valence-corrected chi connectivity index (χ0v) is 13.7. The van der Waals surface area contributed by atoms with Gasteiger partial charge in [0, 0.05) is 13.2 Å². The standard InChI is InChI=1S/C16H21NO5S/c18-16(19)14-5-6-15-13(10-14)2-1-7-17(15)23(20,21)9-8-22-11-12-3-4-12/h5-6,10,12H,1-4,7-9,11H2,(H,18,19). The Morgan fingerprint density at radius 2 is 2.13 bits per heavy atom. The van der Waals surface area contributed by atoms with Gasteiger partial charge in [0.2, 0.25) is 10.0 Å². The van der Waals surface area contributed by atoms with Crippen LogP contribution >= 0.6 is 0 Å². The lowest BCUT2D eigenvalue weighted by Gasteiger charge is -2.30. The molecule has 2 aliphatic rings. The van der Waals surface area contributed by atoms with E-state index in [9.17, 15) is 13.2 Å². The van der Waals surface area contributed by atoms with Crippen LogP contribution in [0.3, 0.4) is 0 Å². The molecule has 7 heteroatoms. The summed E-state index contributed by atoms with van der Waals surface area (Å²) in [6.45, 7) is 1.29. The Hall–Kier alpha value is -1.60. The number of hydrogen-bond acceptors (Lipinski definition) is 4. The zero-order chi connectivity index (χ0) is 16.4. The van der Waals surface area contributed by atoms with Gasteiger partial charge in [0.25, 0.3) is 0 Å². The minimum Gasteiger partial charge on any atom is -0.478 e. The van der Waals surface area contributed by atoms with E-state index in [1.165, 1.54) is 23.2 Å². The molecule has 1 aromatic rings. The maximum absolute atomic E-state index is 12.6. The number of aryl methyl sites for hydroxylation is 1. The van der Waals surface area contributed by atoms with Gasteiger partial charge in [0.15, 0.2) is 0 Å². The van der Waals surface area contributed by atoms with E-state index in [2.05, 4.69) is 0 Å². The number of fused-ring (bicyclic) bond motifs is 1. The monoisotopic (exact) mass is 339 g/mol. The average molecular weight is 339 g/mol. The third kappa shape index (κ3) is 3.84. The summed E-state index contributed by atoms with van der Waals surface area (Å²) in [7, 11) is -3.45. The van der Waals surface area contributed by atoms with Crippen molar-refractivity contribution in [3.05, 3.63) is 29.3 Å². The van der Waals surface area contributed by atoms with Gasteiger partial charge in [-0.2, -0.15) is 0 Å². The van der Waals surface area contributed by atoms with Crippen LogP contribution in [0.5, 0.6) is 0 Å². The number of hydrogen-bond donors (Lipinski definition) is 1. The Labute approximate surface area is 136 Å². The van der Waals surface area contributed by atoms with Crippen LogP contribution in [0.25, 0.3) is 0 Å². The SMILES string of the molecule is O=C(O)c1ccc2c(c1)CCCN2S(=O)(=O)CCOCC1CC1. The Kier molecular flexibility index (Phi) is 4.59. The van der Waals surface area contributed by atoms with E-state index in [1.807, 2.05) is 0 Å². The van der Waals surface area contributed by atoms with Gasteiger partial charge in [0.1, 0.15) is 0 Å². The predicted molar refractivity (Wildman–Crippen MR) is 86.4 cm³/mol. The van der Waals surface area contributed by atoms with Crippen LogP contribution in [0.4, 0.5) is 5.69 Å². The molecule has 1 aliphatic carbocycles. The molecule has 23 heavy (non-hydrogen) atoms. The molecule has 0 spiro atoms. The second-order valence-corrected chi connectivity index (χ2v) is 8.17. The fraction of sp³-hybridized carbons (Fsp3) is 0.562. The Bertz CT molecular complexity index is 696. The molecule has 0 amide bonds. The molecule has 0 atom stereocenters. The summed E-state index contributed by atoms with van der Waals surface area (Å²) >= 11 is 0. The number of anilines is 1. The van der Waals surface area contributed by atoms with Gasteiger partial charge in [-0.1, -0.05) is 0 Å². The van der Waals surface area contributed by atoms with Crippen LogP contribution in [0.15, 0.2) is 18.2 Å². The van der Waals surface area contributed by atoms with E-state index >= 15 is 0 Å². The first-order valence-electron chi connectivity index (χ1n) is 7.92. The smallest absolute Gasteiger partial charge is 0.335 e. The highest BCUT2D eigenvalue weighted by molar-refractivity contribution is 7.92. The molecule has 0 saturated heterocycles.